The van der Waals surface area contributed by atoms with E-state index in [-0.39, 0.29) is 29.5 Å². The number of nitrogens with one attached hydrogen (secondary N) is 1. The predicted molar refractivity (Wildman–Crippen MR) is 119 cm³/mol. The van der Waals surface area contributed by atoms with Crippen LogP contribution in [0.1, 0.15) is 18.9 Å². The maximum atomic E-state index is 12.8. The molecule has 1 atom stereocenters. The number of hydrogen-bond acceptors (Lipinski definition) is 6. The molecular formula is C22H22N4O5S. The number of nitrogens with zero attached hydrogens (tertiary/aromatic N) is 3. The Kier molecular flexibility index (Phi) is 5.55. The minimum atomic E-state index is -3.15. The van der Waals surface area contributed by atoms with Gasteiger partial charge < -0.3 is 5.32 Å². The van der Waals surface area contributed by atoms with Crippen LogP contribution in [0.15, 0.2) is 60.8 Å². The van der Waals surface area contributed by atoms with Gasteiger partial charge in [-0.2, -0.15) is 5.10 Å². The number of aromatic nitrogens is 2. The normalized spacial score (nSPS) is 19.5. The van der Waals surface area contributed by atoms with E-state index in [1.54, 1.807) is 29.9 Å². The fourth-order valence-electron chi connectivity index (χ4n) is 3.90. The predicted octanol–water partition coefficient (Wildman–Crippen LogP) is 2.68. The summed E-state index contributed by atoms with van der Waals surface area (Å²) in [6.07, 6.45) is 2.12. The van der Waals surface area contributed by atoms with Crippen molar-refractivity contribution in [3.05, 3.63) is 76.5 Å². The lowest BCUT2D eigenvalue weighted by Crippen LogP contribution is -2.47. The van der Waals surface area contributed by atoms with Crippen molar-refractivity contribution in [3.8, 4) is 16.9 Å². The van der Waals surface area contributed by atoms with Crippen LogP contribution in [0.5, 0.6) is 0 Å². The first-order valence-electron chi connectivity index (χ1n) is 10.0. The van der Waals surface area contributed by atoms with Crippen LogP contribution < -0.4 is 5.32 Å². The fourth-order valence-corrected chi connectivity index (χ4v) is 5.99. The number of amides is 1. The highest BCUT2D eigenvalue weighted by Crippen LogP contribution is 2.27. The third-order valence-electron chi connectivity index (χ3n) is 5.46. The van der Waals surface area contributed by atoms with Crippen LogP contribution in [0.3, 0.4) is 0 Å². The molecular weight excluding hydrogens is 432 g/mol. The lowest BCUT2D eigenvalue weighted by atomic mass is 10.0. The zero-order chi connectivity index (χ0) is 22.9. The molecule has 1 saturated heterocycles. The van der Waals surface area contributed by atoms with E-state index in [0.717, 1.165) is 5.69 Å². The van der Waals surface area contributed by atoms with Crippen molar-refractivity contribution in [3.63, 3.8) is 0 Å². The molecule has 10 heteroatoms. The summed E-state index contributed by atoms with van der Waals surface area (Å²) in [5, 5.41) is 18.5. The minimum absolute atomic E-state index is 0.00517. The summed E-state index contributed by atoms with van der Waals surface area (Å²) in [6.45, 7) is 1.74. The van der Waals surface area contributed by atoms with Gasteiger partial charge >= 0.3 is 0 Å². The first-order valence-corrected chi connectivity index (χ1v) is 11.9. The molecule has 1 unspecified atom stereocenters. The van der Waals surface area contributed by atoms with Crippen molar-refractivity contribution >= 4 is 21.4 Å². The molecule has 3 aromatic rings. The van der Waals surface area contributed by atoms with Gasteiger partial charge in [-0.15, -0.1) is 0 Å². The number of rotatable bonds is 6. The number of hydrogen-bond donors (Lipinski definition) is 1. The summed E-state index contributed by atoms with van der Waals surface area (Å²) in [5.41, 5.74) is 1.77. The lowest BCUT2D eigenvalue weighted by Gasteiger charge is -2.23. The van der Waals surface area contributed by atoms with E-state index in [2.05, 4.69) is 10.4 Å². The molecule has 1 aliphatic rings. The molecule has 2 heterocycles. The number of carbonyl (C=O) groups is 1. The topological polar surface area (TPSA) is 124 Å². The van der Waals surface area contributed by atoms with Crippen LogP contribution in [0.2, 0.25) is 0 Å². The van der Waals surface area contributed by atoms with Crippen LogP contribution in [0, 0.1) is 10.1 Å². The number of nitro groups is 1. The van der Waals surface area contributed by atoms with E-state index < -0.39 is 20.3 Å². The number of sulfone groups is 1. The molecule has 0 aliphatic carbocycles. The van der Waals surface area contributed by atoms with Crippen molar-refractivity contribution in [2.75, 3.05) is 11.5 Å². The van der Waals surface area contributed by atoms with Gasteiger partial charge in [-0.1, -0.05) is 18.2 Å². The number of para-hydroxylation sites is 1. The Morgan fingerprint density at radius 2 is 1.88 bits per heavy atom. The smallest absolute Gasteiger partial charge is 0.269 e. The Bertz CT molecular complexity index is 1270. The molecule has 0 spiro atoms. The van der Waals surface area contributed by atoms with E-state index in [4.69, 9.17) is 0 Å². The largest absolute Gasteiger partial charge is 0.350 e. The van der Waals surface area contributed by atoms with E-state index >= 15 is 0 Å². The van der Waals surface area contributed by atoms with Crippen LogP contribution in [-0.2, 0) is 21.1 Å². The molecule has 1 fully saturated rings. The molecule has 166 valence electrons. The molecule has 1 N–H and O–H groups in total. The number of carbonyl (C=O) groups excluding carboxylic acids is 1. The standard InChI is InChI=1S/C22H22N4O5S/c1-22(11-12-32(30,31)15-22)23-20(27)13-17-14-25(18-5-3-2-4-6-18)24-21(17)16-7-9-19(10-8-16)26(28)29/h2-10,14H,11-13,15H2,1H3,(H,23,27). The second kappa shape index (κ2) is 8.19. The molecule has 0 saturated carbocycles. The van der Waals surface area contributed by atoms with Crippen molar-refractivity contribution in [2.24, 2.45) is 0 Å². The van der Waals surface area contributed by atoms with Gasteiger partial charge in [0, 0.05) is 29.5 Å². The van der Waals surface area contributed by atoms with Gasteiger partial charge in [-0.3, -0.25) is 14.9 Å². The summed E-state index contributed by atoms with van der Waals surface area (Å²) in [7, 11) is -3.15. The highest BCUT2D eigenvalue weighted by atomic mass is 32.2. The maximum absolute atomic E-state index is 12.8. The Labute approximate surface area is 185 Å². The van der Waals surface area contributed by atoms with E-state index in [1.165, 1.54) is 12.1 Å². The zero-order valence-electron chi connectivity index (χ0n) is 17.4. The summed E-state index contributed by atoms with van der Waals surface area (Å²) in [6, 6.07) is 15.4. The quantitative estimate of drug-likeness (QED) is 0.451. The molecule has 4 rings (SSSR count). The average molecular weight is 455 g/mol. The molecule has 0 bridgehead atoms. The van der Waals surface area contributed by atoms with Gasteiger partial charge in [-0.25, -0.2) is 13.1 Å². The second-order valence-corrected chi connectivity index (χ2v) is 10.4. The zero-order valence-corrected chi connectivity index (χ0v) is 18.2. The number of non-ortho nitro benzene ring substituents is 1. The Hall–Kier alpha value is -3.53. The van der Waals surface area contributed by atoms with Gasteiger partial charge in [0.2, 0.25) is 5.91 Å². The van der Waals surface area contributed by atoms with Crippen molar-refractivity contribution < 1.29 is 18.1 Å². The second-order valence-electron chi connectivity index (χ2n) is 8.21. The van der Waals surface area contributed by atoms with Gasteiger partial charge in [0.05, 0.1) is 39.8 Å². The molecule has 32 heavy (non-hydrogen) atoms. The van der Waals surface area contributed by atoms with E-state index in [9.17, 15) is 23.3 Å². The average Bonchev–Trinajstić information content (AvgIpc) is 3.28. The van der Waals surface area contributed by atoms with Gasteiger partial charge in [0.25, 0.3) is 5.69 Å². The molecule has 1 amide bonds. The fraction of sp³-hybridized carbons (Fsp3) is 0.273. The lowest BCUT2D eigenvalue weighted by molar-refractivity contribution is -0.384. The summed E-state index contributed by atoms with van der Waals surface area (Å²) in [4.78, 5) is 23.3. The Balaban J connectivity index is 1.64. The van der Waals surface area contributed by atoms with Crippen LogP contribution in [0.4, 0.5) is 5.69 Å². The number of nitro benzene ring substituents is 1. The number of benzene rings is 2. The summed E-state index contributed by atoms with van der Waals surface area (Å²) < 4.78 is 25.4. The van der Waals surface area contributed by atoms with E-state index in [1.807, 2.05) is 30.3 Å². The van der Waals surface area contributed by atoms with Crippen molar-refractivity contribution in [1.29, 1.82) is 0 Å². The third-order valence-corrected chi connectivity index (χ3v) is 7.36. The van der Waals surface area contributed by atoms with E-state index in [0.29, 0.717) is 23.2 Å². The highest BCUT2D eigenvalue weighted by molar-refractivity contribution is 7.91. The molecule has 1 aromatic heterocycles. The van der Waals surface area contributed by atoms with Crippen molar-refractivity contribution in [1.82, 2.24) is 15.1 Å². The monoisotopic (exact) mass is 454 g/mol. The van der Waals surface area contributed by atoms with Gasteiger partial charge in [0.1, 0.15) is 0 Å². The first kappa shape index (κ1) is 21.7. The Morgan fingerprint density at radius 3 is 2.47 bits per heavy atom. The highest BCUT2D eigenvalue weighted by Gasteiger charge is 2.39. The summed E-state index contributed by atoms with van der Waals surface area (Å²) >= 11 is 0. The van der Waals surface area contributed by atoms with Gasteiger partial charge in [-0.05, 0) is 37.6 Å². The van der Waals surface area contributed by atoms with Crippen LogP contribution in [-0.4, -0.2) is 46.1 Å². The molecule has 0 radical (unpaired) electrons. The first-order chi connectivity index (χ1) is 15.1. The molecule has 9 nitrogen and oxygen atoms in total. The van der Waals surface area contributed by atoms with Crippen LogP contribution in [0.25, 0.3) is 16.9 Å². The SMILES string of the molecule is CC1(NC(=O)Cc2cn(-c3ccccc3)nc2-c2ccc([N+](=O)[O-])cc2)CCS(=O)(=O)C1. The minimum Gasteiger partial charge on any atom is -0.350 e. The molecule has 1 aliphatic heterocycles. The van der Waals surface area contributed by atoms with Crippen LogP contribution >= 0.6 is 0 Å². The third kappa shape index (κ3) is 4.70. The van der Waals surface area contributed by atoms with Crippen molar-refractivity contribution in [2.45, 2.75) is 25.3 Å². The van der Waals surface area contributed by atoms with Gasteiger partial charge in [0.15, 0.2) is 9.84 Å². The Morgan fingerprint density at radius 1 is 1.19 bits per heavy atom. The summed E-state index contributed by atoms with van der Waals surface area (Å²) in [5.74, 6) is -0.325. The maximum Gasteiger partial charge on any atom is 0.269 e. The molecule has 2 aromatic carbocycles.